The number of aromatic nitrogens is 1. The van der Waals surface area contributed by atoms with Crippen molar-refractivity contribution in [3.63, 3.8) is 0 Å². The number of quaternary nitrogens is 1. The van der Waals surface area contributed by atoms with Gasteiger partial charge in [-0.1, -0.05) is 41.9 Å². The summed E-state index contributed by atoms with van der Waals surface area (Å²) >= 11 is 6.11. The van der Waals surface area contributed by atoms with E-state index in [4.69, 9.17) is 11.6 Å². The lowest BCUT2D eigenvalue weighted by molar-refractivity contribution is 0.508. The van der Waals surface area contributed by atoms with Crippen LogP contribution in [0.5, 0.6) is 0 Å². The summed E-state index contributed by atoms with van der Waals surface area (Å²) in [5.74, 6) is 0. The molecule has 0 aliphatic carbocycles. The van der Waals surface area contributed by atoms with Gasteiger partial charge in [-0.3, -0.25) is 4.98 Å². The van der Waals surface area contributed by atoms with Gasteiger partial charge in [-0.25, -0.2) is 4.48 Å². The number of rotatable bonds is 3. The SMILES string of the molecule is Cc1ccc2cc([N+]3(Cc4ccc(Cl)cc4)C=Cc4ccccc43)ccc2n1. The number of fused-ring (bicyclic) bond motifs is 2. The topological polar surface area (TPSA) is 12.9 Å². The zero-order chi connectivity index (χ0) is 19.1. The molecule has 0 saturated heterocycles. The van der Waals surface area contributed by atoms with Crippen LogP contribution in [-0.4, -0.2) is 4.98 Å². The van der Waals surface area contributed by atoms with Gasteiger partial charge < -0.3 is 0 Å². The van der Waals surface area contributed by atoms with Crippen molar-refractivity contribution in [3.05, 3.63) is 107 Å². The number of benzene rings is 3. The van der Waals surface area contributed by atoms with Crippen LogP contribution < -0.4 is 4.48 Å². The molecule has 0 amide bonds. The van der Waals surface area contributed by atoms with E-state index in [0.717, 1.165) is 28.2 Å². The Bertz CT molecular complexity index is 1210. The Balaban J connectivity index is 1.70. The summed E-state index contributed by atoms with van der Waals surface area (Å²) in [6, 6.07) is 27.6. The van der Waals surface area contributed by atoms with Crippen LogP contribution in [0.25, 0.3) is 17.0 Å². The van der Waals surface area contributed by atoms with E-state index in [1.165, 1.54) is 22.5 Å². The average Bonchev–Trinajstić information content (AvgIpc) is 3.09. The number of para-hydroxylation sites is 1. The lowest BCUT2D eigenvalue weighted by atomic mass is 10.1. The van der Waals surface area contributed by atoms with Gasteiger partial charge in [0.25, 0.3) is 0 Å². The van der Waals surface area contributed by atoms with Crippen LogP contribution in [0.4, 0.5) is 11.4 Å². The average molecular weight is 384 g/mol. The maximum absolute atomic E-state index is 6.11. The van der Waals surface area contributed by atoms with Crippen molar-refractivity contribution in [2.45, 2.75) is 13.5 Å². The predicted molar refractivity (Wildman–Crippen MR) is 119 cm³/mol. The summed E-state index contributed by atoms with van der Waals surface area (Å²) < 4.78 is 0.654. The molecular formula is C25H20ClN2+. The Kier molecular flexibility index (Phi) is 4.04. The highest BCUT2D eigenvalue weighted by Crippen LogP contribution is 2.45. The Morgan fingerprint density at radius 1 is 0.893 bits per heavy atom. The van der Waals surface area contributed by atoms with Gasteiger partial charge in [0.15, 0.2) is 0 Å². The van der Waals surface area contributed by atoms with Crippen molar-refractivity contribution in [2.24, 2.45) is 0 Å². The van der Waals surface area contributed by atoms with Crippen molar-refractivity contribution < 1.29 is 0 Å². The van der Waals surface area contributed by atoms with Gasteiger partial charge in [-0.2, -0.15) is 0 Å². The van der Waals surface area contributed by atoms with Crippen LogP contribution in [0.15, 0.2) is 85.1 Å². The molecular weight excluding hydrogens is 364 g/mol. The van der Waals surface area contributed by atoms with E-state index in [1.807, 2.05) is 19.1 Å². The number of nitrogens with zero attached hydrogens (tertiary/aromatic N) is 2. The van der Waals surface area contributed by atoms with Crippen LogP contribution in [0.3, 0.4) is 0 Å². The van der Waals surface area contributed by atoms with E-state index >= 15 is 0 Å². The van der Waals surface area contributed by atoms with Gasteiger partial charge in [0.1, 0.15) is 24.1 Å². The fraction of sp³-hybridized carbons (Fsp3) is 0.0800. The summed E-state index contributed by atoms with van der Waals surface area (Å²) in [6.07, 6.45) is 4.52. The minimum absolute atomic E-state index is 0.654. The molecule has 1 aromatic heterocycles. The second-order valence-corrected chi connectivity index (χ2v) is 7.79. The zero-order valence-corrected chi connectivity index (χ0v) is 16.4. The first-order chi connectivity index (χ1) is 13.6. The van der Waals surface area contributed by atoms with Gasteiger partial charge in [0.05, 0.1) is 5.52 Å². The second kappa shape index (κ2) is 6.59. The fourth-order valence-corrected chi connectivity index (χ4v) is 4.20. The molecule has 0 fully saturated rings. The van der Waals surface area contributed by atoms with Gasteiger partial charge in [-0.15, -0.1) is 0 Å². The highest BCUT2D eigenvalue weighted by molar-refractivity contribution is 6.30. The molecule has 1 aliphatic heterocycles. The highest BCUT2D eigenvalue weighted by atomic mass is 35.5. The summed E-state index contributed by atoms with van der Waals surface area (Å²) in [6.45, 7) is 2.86. The summed E-state index contributed by atoms with van der Waals surface area (Å²) in [7, 11) is 0. The lowest BCUT2D eigenvalue weighted by Crippen LogP contribution is -2.36. The van der Waals surface area contributed by atoms with E-state index in [2.05, 4.69) is 84.0 Å². The number of pyridine rings is 1. The van der Waals surface area contributed by atoms with Crippen molar-refractivity contribution in [3.8, 4) is 0 Å². The smallest absolute Gasteiger partial charge is 0.150 e. The maximum atomic E-state index is 6.11. The predicted octanol–water partition coefficient (Wildman–Crippen LogP) is 7.02. The number of hydrogen-bond acceptors (Lipinski definition) is 1. The number of hydrogen-bond donors (Lipinski definition) is 0. The van der Waals surface area contributed by atoms with E-state index < -0.39 is 0 Å². The monoisotopic (exact) mass is 383 g/mol. The third-order valence-corrected chi connectivity index (χ3v) is 5.75. The summed E-state index contributed by atoms with van der Waals surface area (Å²) in [5.41, 5.74) is 7.10. The number of aryl methyl sites for hydroxylation is 1. The van der Waals surface area contributed by atoms with Crippen LogP contribution in [0.1, 0.15) is 16.8 Å². The summed E-state index contributed by atoms with van der Waals surface area (Å²) in [4.78, 5) is 4.66. The number of halogens is 1. The van der Waals surface area contributed by atoms with Crippen LogP contribution in [-0.2, 0) is 6.54 Å². The third-order valence-electron chi connectivity index (χ3n) is 5.49. The molecule has 5 rings (SSSR count). The minimum atomic E-state index is 0.654. The van der Waals surface area contributed by atoms with Gasteiger partial charge in [-0.05, 0) is 37.3 Å². The fourth-order valence-electron chi connectivity index (χ4n) is 4.07. The van der Waals surface area contributed by atoms with E-state index in [1.54, 1.807) is 0 Å². The Morgan fingerprint density at radius 3 is 2.57 bits per heavy atom. The molecule has 1 aliphatic rings. The van der Waals surface area contributed by atoms with Crippen molar-refractivity contribution in [2.75, 3.05) is 0 Å². The minimum Gasteiger partial charge on any atom is -0.253 e. The van der Waals surface area contributed by atoms with Crippen LogP contribution in [0.2, 0.25) is 5.02 Å². The third kappa shape index (κ3) is 2.82. The lowest BCUT2D eigenvalue weighted by Gasteiger charge is -2.32. The molecule has 0 bridgehead atoms. The molecule has 2 heterocycles. The Hall–Kier alpha value is -2.94. The maximum Gasteiger partial charge on any atom is 0.150 e. The Labute approximate surface area is 169 Å². The van der Waals surface area contributed by atoms with E-state index in [9.17, 15) is 0 Å². The second-order valence-electron chi connectivity index (χ2n) is 7.36. The molecule has 1 unspecified atom stereocenters. The quantitative estimate of drug-likeness (QED) is 0.346. The molecule has 0 N–H and O–H groups in total. The summed E-state index contributed by atoms with van der Waals surface area (Å²) in [5, 5.41) is 1.93. The molecule has 0 spiro atoms. The van der Waals surface area contributed by atoms with Gasteiger partial charge in [0.2, 0.25) is 0 Å². The molecule has 136 valence electrons. The first-order valence-corrected chi connectivity index (χ1v) is 9.81. The molecule has 0 radical (unpaired) electrons. The highest BCUT2D eigenvalue weighted by Gasteiger charge is 2.37. The van der Waals surface area contributed by atoms with Gasteiger partial charge >= 0.3 is 0 Å². The molecule has 3 heteroatoms. The zero-order valence-electron chi connectivity index (χ0n) is 15.6. The van der Waals surface area contributed by atoms with Gasteiger partial charge in [0, 0.05) is 51.5 Å². The molecule has 0 saturated carbocycles. The first-order valence-electron chi connectivity index (χ1n) is 9.43. The molecule has 1 atom stereocenters. The first kappa shape index (κ1) is 17.2. The standard InChI is InChI=1S/C25H20ClN2/c1-18-6-9-21-16-23(12-13-24(21)27-18)28(17-19-7-10-22(26)11-8-19)15-14-20-4-2-3-5-25(20)28/h2-16H,17H2,1H3/q+1. The largest absolute Gasteiger partial charge is 0.253 e. The normalized spacial score (nSPS) is 17.8. The van der Waals surface area contributed by atoms with E-state index in [-0.39, 0.29) is 0 Å². The molecule has 4 aromatic rings. The molecule has 3 aromatic carbocycles. The van der Waals surface area contributed by atoms with Crippen LogP contribution >= 0.6 is 11.6 Å². The van der Waals surface area contributed by atoms with Crippen LogP contribution in [0, 0.1) is 6.92 Å². The molecule has 2 nitrogen and oxygen atoms in total. The Morgan fingerprint density at radius 2 is 1.71 bits per heavy atom. The van der Waals surface area contributed by atoms with E-state index in [0.29, 0.717) is 4.48 Å². The van der Waals surface area contributed by atoms with Crippen molar-refractivity contribution in [1.82, 2.24) is 9.47 Å². The van der Waals surface area contributed by atoms with Crippen molar-refractivity contribution in [1.29, 1.82) is 0 Å². The van der Waals surface area contributed by atoms with Crippen molar-refractivity contribution >= 4 is 40.0 Å². The molecule has 28 heavy (non-hydrogen) atoms.